The van der Waals surface area contributed by atoms with Gasteiger partial charge in [0.25, 0.3) is 10.0 Å². The van der Waals surface area contributed by atoms with Crippen LogP contribution in [0.3, 0.4) is 0 Å². The highest BCUT2D eigenvalue weighted by molar-refractivity contribution is 7.91. The van der Waals surface area contributed by atoms with E-state index in [1.54, 1.807) is 36.4 Å². The van der Waals surface area contributed by atoms with Gasteiger partial charge in [-0.1, -0.05) is 30.3 Å². The van der Waals surface area contributed by atoms with E-state index >= 15 is 0 Å². The van der Waals surface area contributed by atoms with Crippen molar-refractivity contribution in [2.24, 2.45) is 0 Å². The molecule has 1 unspecified atom stereocenters. The van der Waals surface area contributed by atoms with Crippen LogP contribution in [0, 0.1) is 6.92 Å². The first-order valence-electron chi connectivity index (χ1n) is 6.15. The minimum absolute atomic E-state index is 0.171. The number of aryl methyl sites for hydroxylation is 1. The highest BCUT2D eigenvalue weighted by atomic mass is 32.2. The second kappa shape index (κ2) is 6.38. The summed E-state index contributed by atoms with van der Waals surface area (Å²) in [4.78, 5) is 12.8. The van der Waals surface area contributed by atoms with E-state index in [1.165, 1.54) is 13.2 Å². The Morgan fingerprint density at radius 3 is 2.38 bits per heavy atom. The molecule has 0 saturated heterocycles. The van der Waals surface area contributed by atoms with Gasteiger partial charge in [0.1, 0.15) is 10.3 Å². The van der Waals surface area contributed by atoms with Crippen molar-refractivity contribution in [3.63, 3.8) is 0 Å². The lowest BCUT2D eigenvalue weighted by atomic mass is 10.1. The van der Waals surface area contributed by atoms with Crippen LogP contribution in [0.15, 0.2) is 46.7 Å². The number of benzene rings is 1. The highest BCUT2D eigenvalue weighted by Gasteiger charge is 2.28. The summed E-state index contributed by atoms with van der Waals surface area (Å²) >= 11 is 1.15. The van der Waals surface area contributed by atoms with Gasteiger partial charge in [0, 0.05) is 4.88 Å². The summed E-state index contributed by atoms with van der Waals surface area (Å²) < 4.78 is 31.9. The lowest BCUT2D eigenvalue weighted by Gasteiger charge is -2.16. The topological polar surface area (TPSA) is 72.5 Å². The maximum absolute atomic E-state index is 12.3. The Morgan fingerprint density at radius 1 is 1.19 bits per heavy atom. The highest BCUT2D eigenvalue weighted by Crippen LogP contribution is 2.23. The van der Waals surface area contributed by atoms with Crippen molar-refractivity contribution in [3.05, 3.63) is 52.9 Å². The fraction of sp³-hybridized carbons (Fsp3) is 0.214. The van der Waals surface area contributed by atoms with Gasteiger partial charge in [-0.2, -0.15) is 4.72 Å². The molecule has 1 aromatic heterocycles. The number of hydrogen-bond donors (Lipinski definition) is 1. The van der Waals surface area contributed by atoms with Gasteiger partial charge in [0.05, 0.1) is 7.11 Å². The summed E-state index contributed by atoms with van der Waals surface area (Å²) in [7, 11) is -2.55. The van der Waals surface area contributed by atoms with Crippen LogP contribution in [-0.2, 0) is 19.6 Å². The summed E-state index contributed by atoms with van der Waals surface area (Å²) in [6.45, 7) is 1.82. The molecule has 21 heavy (non-hydrogen) atoms. The Bertz CT molecular complexity index is 722. The molecule has 0 spiro atoms. The number of esters is 1. The zero-order chi connectivity index (χ0) is 15.5. The molecule has 2 rings (SSSR count). The maximum atomic E-state index is 12.3. The minimum Gasteiger partial charge on any atom is -0.468 e. The fourth-order valence-electron chi connectivity index (χ4n) is 1.79. The van der Waals surface area contributed by atoms with E-state index in [1.807, 2.05) is 6.92 Å². The van der Waals surface area contributed by atoms with Gasteiger partial charge in [-0.05, 0) is 24.6 Å². The zero-order valence-electron chi connectivity index (χ0n) is 11.6. The molecule has 0 saturated carbocycles. The van der Waals surface area contributed by atoms with Crippen LogP contribution in [-0.4, -0.2) is 21.5 Å². The van der Waals surface area contributed by atoms with Crippen molar-refractivity contribution >= 4 is 27.3 Å². The molecule has 1 heterocycles. The largest absolute Gasteiger partial charge is 0.468 e. The normalized spacial score (nSPS) is 12.9. The number of sulfonamides is 1. The molecule has 1 atom stereocenters. The fourth-order valence-corrected chi connectivity index (χ4v) is 4.26. The lowest BCUT2D eigenvalue weighted by molar-refractivity contribution is -0.142. The van der Waals surface area contributed by atoms with Crippen molar-refractivity contribution < 1.29 is 17.9 Å². The quantitative estimate of drug-likeness (QED) is 0.856. The van der Waals surface area contributed by atoms with Crippen LogP contribution in [0.25, 0.3) is 0 Å². The van der Waals surface area contributed by atoms with Crippen LogP contribution in [0.2, 0.25) is 0 Å². The molecule has 7 heteroatoms. The van der Waals surface area contributed by atoms with Gasteiger partial charge in [0.2, 0.25) is 0 Å². The molecule has 0 aliphatic rings. The van der Waals surface area contributed by atoms with E-state index in [4.69, 9.17) is 4.74 Å². The van der Waals surface area contributed by atoms with E-state index in [0.29, 0.717) is 5.56 Å². The van der Waals surface area contributed by atoms with Gasteiger partial charge >= 0.3 is 5.97 Å². The third kappa shape index (κ3) is 3.69. The molecule has 0 aliphatic carbocycles. The van der Waals surface area contributed by atoms with Gasteiger partial charge in [-0.15, -0.1) is 11.3 Å². The predicted molar refractivity (Wildman–Crippen MR) is 80.6 cm³/mol. The molecule has 0 bridgehead atoms. The van der Waals surface area contributed by atoms with E-state index in [2.05, 4.69) is 4.72 Å². The van der Waals surface area contributed by atoms with Gasteiger partial charge in [-0.3, -0.25) is 0 Å². The van der Waals surface area contributed by atoms with Gasteiger partial charge < -0.3 is 4.74 Å². The summed E-state index contributed by atoms with van der Waals surface area (Å²) in [5.41, 5.74) is 0.529. The van der Waals surface area contributed by atoms with Crippen molar-refractivity contribution in [1.29, 1.82) is 0 Å². The molecule has 0 fully saturated rings. The Hall–Kier alpha value is -1.70. The summed E-state index contributed by atoms with van der Waals surface area (Å²) in [5.74, 6) is -0.655. The number of thiophene rings is 1. The first-order valence-corrected chi connectivity index (χ1v) is 8.45. The molecule has 2 aromatic rings. The van der Waals surface area contributed by atoms with Crippen molar-refractivity contribution in [1.82, 2.24) is 4.72 Å². The second-order valence-electron chi connectivity index (χ2n) is 4.35. The first-order chi connectivity index (χ1) is 9.94. The first kappa shape index (κ1) is 15.7. The summed E-state index contributed by atoms with van der Waals surface area (Å²) in [6, 6.07) is 10.8. The Labute approximate surface area is 127 Å². The maximum Gasteiger partial charge on any atom is 0.328 e. The SMILES string of the molecule is COC(=O)C(NS(=O)(=O)c1ccc(C)s1)c1ccccc1. The number of nitrogens with one attached hydrogen (secondary N) is 1. The van der Waals surface area contributed by atoms with Gasteiger partial charge in [-0.25, -0.2) is 13.2 Å². The third-order valence-electron chi connectivity index (χ3n) is 2.82. The van der Waals surface area contributed by atoms with Crippen LogP contribution >= 0.6 is 11.3 Å². The van der Waals surface area contributed by atoms with E-state index in [-0.39, 0.29) is 4.21 Å². The van der Waals surface area contributed by atoms with E-state index in [0.717, 1.165) is 16.2 Å². The summed E-state index contributed by atoms with van der Waals surface area (Å²) in [6.07, 6.45) is 0. The van der Waals surface area contributed by atoms with Gasteiger partial charge in [0.15, 0.2) is 0 Å². The number of hydrogen-bond acceptors (Lipinski definition) is 5. The minimum atomic E-state index is -3.77. The van der Waals surface area contributed by atoms with Crippen LogP contribution in [0.5, 0.6) is 0 Å². The Balaban J connectivity index is 2.34. The van der Waals surface area contributed by atoms with Crippen LogP contribution < -0.4 is 4.72 Å². The molecule has 5 nitrogen and oxygen atoms in total. The number of carbonyl (C=O) groups excluding carboxylic acids is 1. The average Bonchev–Trinajstić information content (AvgIpc) is 2.92. The average molecular weight is 325 g/mol. The molecule has 1 N–H and O–H groups in total. The molecule has 1 aromatic carbocycles. The number of rotatable bonds is 5. The zero-order valence-corrected chi connectivity index (χ0v) is 13.2. The predicted octanol–water partition coefficient (Wildman–Crippen LogP) is 2.25. The number of carbonyl (C=O) groups is 1. The molecule has 0 aliphatic heterocycles. The molecule has 0 amide bonds. The lowest BCUT2D eigenvalue weighted by Crippen LogP contribution is -2.34. The van der Waals surface area contributed by atoms with Crippen LogP contribution in [0.4, 0.5) is 0 Å². The number of ether oxygens (including phenoxy) is 1. The molecule has 112 valence electrons. The third-order valence-corrected chi connectivity index (χ3v) is 5.74. The Kier molecular flexibility index (Phi) is 4.76. The Morgan fingerprint density at radius 2 is 1.86 bits per heavy atom. The van der Waals surface area contributed by atoms with Crippen molar-refractivity contribution in [2.75, 3.05) is 7.11 Å². The second-order valence-corrected chi connectivity index (χ2v) is 7.58. The van der Waals surface area contributed by atoms with Crippen molar-refractivity contribution in [3.8, 4) is 0 Å². The van der Waals surface area contributed by atoms with Crippen LogP contribution in [0.1, 0.15) is 16.5 Å². The molecular formula is C14H15NO4S2. The monoisotopic (exact) mass is 325 g/mol. The van der Waals surface area contributed by atoms with Crippen molar-refractivity contribution in [2.45, 2.75) is 17.2 Å². The molecular weight excluding hydrogens is 310 g/mol. The molecule has 0 radical (unpaired) electrons. The standard InChI is InChI=1S/C14H15NO4S2/c1-10-8-9-12(20-10)21(17,18)15-13(14(16)19-2)11-6-4-3-5-7-11/h3-9,13,15H,1-2H3. The summed E-state index contributed by atoms with van der Waals surface area (Å²) in [5, 5.41) is 0. The smallest absolute Gasteiger partial charge is 0.328 e. The van der Waals surface area contributed by atoms with E-state index < -0.39 is 22.0 Å². The van der Waals surface area contributed by atoms with E-state index in [9.17, 15) is 13.2 Å². The number of methoxy groups -OCH3 is 1.